The number of carbonyl (C=O) groups excluding carboxylic acids is 1. The Bertz CT molecular complexity index is 965. The van der Waals surface area contributed by atoms with Gasteiger partial charge in [0.25, 0.3) is 0 Å². The minimum absolute atomic E-state index is 0.235. The van der Waals surface area contributed by atoms with Crippen LogP contribution in [-0.4, -0.2) is 119 Å². The lowest BCUT2D eigenvalue weighted by Crippen LogP contribution is -2.60. The number of benzene rings is 1. The monoisotopic (exact) mass is 516 g/mol. The molecule has 0 aromatic heterocycles. The fourth-order valence-corrected chi connectivity index (χ4v) is 3.95. The van der Waals surface area contributed by atoms with Crippen LogP contribution in [0, 0.1) is 0 Å². The van der Waals surface area contributed by atoms with E-state index in [1.165, 1.54) is 24.3 Å². The van der Waals surface area contributed by atoms with Crippen molar-refractivity contribution in [1.82, 2.24) is 0 Å². The molecule has 36 heavy (non-hydrogen) atoms. The summed E-state index contributed by atoms with van der Waals surface area (Å²) in [6, 6.07) is 3.79. The molecule has 1 aromatic carbocycles. The number of hydrogen-bond acceptors (Lipinski definition) is 13. The Balaban J connectivity index is 1.66. The summed E-state index contributed by atoms with van der Waals surface area (Å²) < 4.78 is 15.6. The minimum atomic E-state index is -2.36. The number of phenolic OH excluding ortho intramolecular Hbond substituents is 1. The Morgan fingerprint density at radius 2 is 1.69 bits per heavy atom. The summed E-state index contributed by atoms with van der Waals surface area (Å²) in [5.41, 5.74) is -2.09. The van der Waals surface area contributed by atoms with Gasteiger partial charge >= 0.3 is 11.9 Å². The molecule has 1 aliphatic carbocycles. The summed E-state index contributed by atoms with van der Waals surface area (Å²) in [6.07, 6.45) is -11.7. The van der Waals surface area contributed by atoms with Crippen LogP contribution < -0.4 is 4.74 Å². The highest BCUT2D eigenvalue weighted by molar-refractivity contribution is 5.87. The smallest absolute Gasteiger partial charge is 0.335 e. The lowest BCUT2D eigenvalue weighted by atomic mass is 9.79. The highest BCUT2D eigenvalue weighted by Gasteiger charge is 2.50. The number of hydrogen-bond donors (Lipinski definition) is 9. The van der Waals surface area contributed by atoms with E-state index in [0.717, 1.165) is 6.08 Å². The molecule has 1 heterocycles. The largest absolute Gasteiger partial charge is 0.504 e. The van der Waals surface area contributed by atoms with E-state index in [1.807, 2.05) is 0 Å². The van der Waals surface area contributed by atoms with Crippen molar-refractivity contribution in [2.45, 2.75) is 67.5 Å². The lowest BCUT2D eigenvalue weighted by molar-refractivity contribution is -0.277. The standard InChI is InChI=1S/C22H28O14/c23-8-14-16(28)17(29)18(30)20(35-14)34-13-5-9(1-3-10(13)24)2-4-15(27)36-19-11(25)6-22(33,21(31)32)7-12(19)26/h1-5,11-12,14,16-20,23-26,28-30,33H,6-8H2,(H,31,32)/t11-,12-,14-,16-,17+,18-,19?,20+,22?/m1/s1. The van der Waals surface area contributed by atoms with E-state index in [0.29, 0.717) is 0 Å². The fourth-order valence-electron chi connectivity index (χ4n) is 3.95. The van der Waals surface area contributed by atoms with Gasteiger partial charge in [-0.1, -0.05) is 6.07 Å². The van der Waals surface area contributed by atoms with E-state index in [9.17, 15) is 50.4 Å². The Morgan fingerprint density at radius 3 is 2.28 bits per heavy atom. The van der Waals surface area contributed by atoms with Crippen LogP contribution in [0.4, 0.5) is 0 Å². The summed E-state index contributed by atoms with van der Waals surface area (Å²) in [5, 5.41) is 88.3. The number of carboxylic acids is 1. The van der Waals surface area contributed by atoms with E-state index >= 15 is 0 Å². The molecule has 1 saturated heterocycles. The first-order valence-corrected chi connectivity index (χ1v) is 10.9. The summed E-state index contributed by atoms with van der Waals surface area (Å²) >= 11 is 0. The van der Waals surface area contributed by atoms with E-state index in [-0.39, 0.29) is 11.3 Å². The summed E-state index contributed by atoms with van der Waals surface area (Å²) in [5.74, 6) is -3.27. The van der Waals surface area contributed by atoms with Gasteiger partial charge in [0.05, 0.1) is 18.8 Å². The second kappa shape index (κ2) is 11.1. The molecule has 7 atom stereocenters. The van der Waals surface area contributed by atoms with Crippen LogP contribution >= 0.6 is 0 Å². The maximum Gasteiger partial charge on any atom is 0.335 e. The summed E-state index contributed by atoms with van der Waals surface area (Å²) in [7, 11) is 0. The van der Waals surface area contributed by atoms with Gasteiger partial charge in [0.2, 0.25) is 6.29 Å². The molecule has 200 valence electrons. The third kappa shape index (κ3) is 5.93. The molecule has 0 amide bonds. The Hall–Kier alpha value is -2.82. The van der Waals surface area contributed by atoms with Gasteiger partial charge in [-0.2, -0.15) is 0 Å². The Labute approximate surface area is 203 Å². The molecule has 9 N–H and O–H groups in total. The van der Waals surface area contributed by atoms with Crippen molar-refractivity contribution in [1.29, 1.82) is 0 Å². The minimum Gasteiger partial charge on any atom is -0.504 e. The zero-order chi connectivity index (χ0) is 26.8. The van der Waals surface area contributed by atoms with Crippen LogP contribution in [0.5, 0.6) is 11.5 Å². The number of phenols is 1. The van der Waals surface area contributed by atoms with Gasteiger partial charge in [-0.3, -0.25) is 0 Å². The molecule has 1 aromatic rings. The van der Waals surface area contributed by atoms with Crippen LogP contribution in [-0.2, 0) is 19.1 Å². The lowest BCUT2D eigenvalue weighted by Gasteiger charge is -2.39. The predicted molar refractivity (Wildman–Crippen MR) is 115 cm³/mol. The predicted octanol–water partition coefficient (Wildman–Crippen LogP) is -3.17. The van der Waals surface area contributed by atoms with Crippen molar-refractivity contribution in [3.63, 3.8) is 0 Å². The van der Waals surface area contributed by atoms with Crippen LogP contribution in [0.1, 0.15) is 18.4 Å². The molecule has 0 unspecified atom stereocenters. The van der Waals surface area contributed by atoms with Gasteiger partial charge in [0.1, 0.15) is 24.4 Å². The summed E-state index contributed by atoms with van der Waals surface area (Å²) in [6.45, 7) is -0.679. The average molecular weight is 516 g/mol. The molecule has 0 bridgehead atoms. The maximum absolute atomic E-state index is 12.2. The number of aromatic hydroxyl groups is 1. The average Bonchev–Trinajstić information content (AvgIpc) is 2.82. The molecule has 2 aliphatic rings. The zero-order valence-corrected chi connectivity index (χ0v) is 18.7. The number of rotatable bonds is 7. The topological polar surface area (TPSA) is 244 Å². The Kier molecular flexibility index (Phi) is 8.53. The van der Waals surface area contributed by atoms with Crippen molar-refractivity contribution in [3.05, 3.63) is 29.8 Å². The summed E-state index contributed by atoms with van der Waals surface area (Å²) in [4.78, 5) is 23.3. The van der Waals surface area contributed by atoms with Gasteiger partial charge in [-0.15, -0.1) is 0 Å². The van der Waals surface area contributed by atoms with Crippen molar-refractivity contribution >= 4 is 18.0 Å². The van der Waals surface area contributed by atoms with E-state index in [2.05, 4.69) is 0 Å². The van der Waals surface area contributed by atoms with Crippen molar-refractivity contribution in [3.8, 4) is 11.5 Å². The van der Waals surface area contributed by atoms with Gasteiger partial charge in [0.15, 0.2) is 23.2 Å². The van der Waals surface area contributed by atoms with E-state index in [4.69, 9.17) is 19.3 Å². The third-order valence-electron chi connectivity index (χ3n) is 5.99. The number of ether oxygens (including phenoxy) is 3. The zero-order valence-electron chi connectivity index (χ0n) is 18.7. The van der Waals surface area contributed by atoms with Crippen LogP contribution in [0.2, 0.25) is 0 Å². The van der Waals surface area contributed by atoms with E-state index < -0.39 is 91.8 Å². The number of aliphatic carboxylic acids is 1. The highest BCUT2D eigenvalue weighted by atomic mass is 16.7. The van der Waals surface area contributed by atoms with Crippen LogP contribution in [0.15, 0.2) is 24.3 Å². The molecule has 14 heteroatoms. The molecule has 1 aliphatic heterocycles. The number of carbonyl (C=O) groups is 2. The van der Waals surface area contributed by atoms with Crippen molar-refractivity contribution in [2.75, 3.05) is 6.61 Å². The van der Waals surface area contributed by atoms with Crippen LogP contribution in [0.25, 0.3) is 6.08 Å². The molecular formula is C22H28O14. The van der Waals surface area contributed by atoms with Gasteiger partial charge in [-0.05, 0) is 23.8 Å². The molecular weight excluding hydrogens is 488 g/mol. The molecule has 2 fully saturated rings. The number of aliphatic hydroxyl groups excluding tert-OH is 6. The first-order chi connectivity index (χ1) is 16.9. The molecule has 0 radical (unpaired) electrons. The maximum atomic E-state index is 12.2. The number of aliphatic hydroxyl groups is 7. The van der Waals surface area contributed by atoms with Gasteiger partial charge < -0.3 is 60.2 Å². The number of carboxylic acid groups (broad SMARTS) is 1. The fraction of sp³-hybridized carbons (Fsp3) is 0.545. The second-order valence-corrected chi connectivity index (χ2v) is 8.66. The second-order valence-electron chi connectivity index (χ2n) is 8.66. The van der Waals surface area contributed by atoms with Gasteiger partial charge in [-0.25, -0.2) is 9.59 Å². The first-order valence-electron chi connectivity index (χ1n) is 10.9. The van der Waals surface area contributed by atoms with E-state index in [1.54, 1.807) is 0 Å². The quantitative estimate of drug-likeness (QED) is 0.128. The normalized spacial score (nSPS) is 37.0. The highest BCUT2D eigenvalue weighted by Crippen LogP contribution is 2.33. The Morgan fingerprint density at radius 1 is 1.06 bits per heavy atom. The number of esters is 1. The third-order valence-corrected chi connectivity index (χ3v) is 5.99. The van der Waals surface area contributed by atoms with Crippen molar-refractivity contribution < 1.29 is 69.8 Å². The van der Waals surface area contributed by atoms with Crippen molar-refractivity contribution in [2.24, 2.45) is 0 Å². The molecule has 14 nitrogen and oxygen atoms in total. The molecule has 1 saturated carbocycles. The van der Waals surface area contributed by atoms with Gasteiger partial charge in [0, 0.05) is 18.9 Å². The van der Waals surface area contributed by atoms with Crippen LogP contribution in [0.3, 0.4) is 0 Å². The molecule has 0 spiro atoms. The first kappa shape index (κ1) is 27.8. The SMILES string of the molecule is O=C(C=Cc1ccc(O)c(O[C@H]2O[C@H](CO)[C@@H](O)[C@H](O)[C@H]2O)c1)OC1[C@H](O)CC(O)(C(=O)O)C[C@H]1O. The molecule has 3 rings (SSSR count).